The van der Waals surface area contributed by atoms with Crippen LogP contribution in [0.4, 0.5) is 0 Å². The first-order valence-corrected chi connectivity index (χ1v) is 8.15. The average Bonchev–Trinajstić information content (AvgIpc) is 3.20. The van der Waals surface area contributed by atoms with Crippen LogP contribution < -0.4 is 0 Å². The van der Waals surface area contributed by atoms with Gasteiger partial charge in [0.15, 0.2) is 5.79 Å². The standard InChI is InChI=1S/C20H20N2O2/c1-20(2)23-14-19(24-20)18-13-17(15-9-5-3-6-10-15)21-22(18)16-11-7-4-8-12-16/h3-13,19H,14H2,1-2H3. The second kappa shape index (κ2) is 5.89. The van der Waals surface area contributed by atoms with E-state index in [1.807, 2.05) is 67.1 Å². The summed E-state index contributed by atoms with van der Waals surface area (Å²) in [4.78, 5) is 0. The molecule has 24 heavy (non-hydrogen) atoms. The van der Waals surface area contributed by atoms with Crippen LogP contribution in [0.3, 0.4) is 0 Å². The highest BCUT2D eigenvalue weighted by molar-refractivity contribution is 5.60. The molecule has 1 aromatic heterocycles. The molecule has 0 bridgehead atoms. The van der Waals surface area contributed by atoms with Crippen LogP contribution in [0.5, 0.6) is 0 Å². The molecule has 0 aliphatic carbocycles. The molecule has 0 radical (unpaired) electrons. The first-order valence-electron chi connectivity index (χ1n) is 8.15. The van der Waals surface area contributed by atoms with Crippen molar-refractivity contribution in [2.75, 3.05) is 6.61 Å². The number of hydrogen-bond donors (Lipinski definition) is 0. The lowest BCUT2D eigenvalue weighted by atomic mass is 10.1. The molecule has 0 saturated carbocycles. The summed E-state index contributed by atoms with van der Waals surface area (Å²) >= 11 is 0. The van der Waals surface area contributed by atoms with E-state index in [9.17, 15) is 0 Å². The third-order valence-corrected chi connectivity index (χ3v) is 4.15. The van der Waals surface area contributed by atoms with Gasteiger partial charge in [0, 0.05) is 5.56 Å². The van der Waals surface area contributed by atoms with Crippen molar-refractivity contribution >= 4 is 0 Å². The Labute approximate surface area is 141 Å². The molecule has 3 aromatic rings. The first-order chi connectivity index (χ1) is 11.6. The molecule has 1 atom stereocenters. The van der Waals surface area contributed by atoms with E-state index in [0.717, 1.165) is 22.6 Å². The smallest absolute Gasteiger partial charge is 0.163 e. The minimum atomic E-state index is -0.566. The monoisotopic (exact) mass is 320 g/mol. The first kappa shape index (κ1) is 15.1. The van der Waals surface area contributed by atoms with Gasteiger partial charge in [-0.15, -0.1) is 0 Å². The van der Waals surface area contributed by atoms with Crippen LogP contribution in [0.1, 0.15) is 25.6 Å². The van der Waals surface area contributed by atoms with Crippen LogP contribution in [0.2, 0.25) is 0 Å². The quantitative estimate of drug-likeness (QED) is 0.719. The number of ether oxygens (including phenoxy) is 2. The summed E-state index contributed by atoms with van der Waals surface area (Å²) < 4.78 is 13.8. The zero-order valence-electron chi connectivity index (χ0n) is 13.8. The van der Waals surface area contributed by atoms with E-state index in [4.69, 9.17) is 14.6 Å². The molecule has 1 unspecified atom stereocenters. The topological polar surface area (TPSA) is 36.3 Å². The number of para-hydroxylation sites is 1. The summed E-state index contributed by atoms with van der Waals surface area (Å²) in [7, 11) is 0. The van der Waals surface area contributed by atoms with Gasteiger partial charge in [0.2, 0.25) is 0 Å². The fourth-order valence-electron chi connectivity index (χ4n) is 2.98. The third kappa shape index (κ3) is 2.86. The van der Waals surface area contributed by atoms with Gasteiger partial charge in [0.25, 0.3) is 0 Å². The third-order valence-electron chi connectivity index (χ3n) is 4.15. The molecular weight excluding hydrogens is 300 g/mol. The molecule has 1 aliphatic rings. The van der Waals surface area contributed by atoms with Crippen LogP contribution >= 0.6 is 0 Å². The van der Waals surface area contributed by atoms with Crippen molar-refractivity contribution in [2.24, 2.45) is 0 Å². The normalized spacial score (nSPS) is 19.5. The van der Waals surface area contributed by atoms with Gasteiger partial charge in [-0.05, 0) is 32.0 Å². The van der Waals surface area contributed by atoms with Crippen molar-refractivity contribution in [1.82, 2.24) is 9.78 Å². The summed E-state index contributed by atoms with van der Waals surface area (Å²) in [5.74, 6) is -0.566. The van der Waals surface area contributed by atoms with Crippen LogP contribution in [0, 0.1) is 0 Å². The van der Waals surface area contributed by atoms with Gasteiger partial charge in [0.05, 0.1) is 23.7 Å². The predicted molar refractivity (Wildman–Crippen MR) is 92.9 cm³/mol. The Hall–Kier alpha value is -2.43. The van der Waals surface area contributed by atoms with E-state index >= 15 is 0 Å². The fraction of sp³-hybridized carbons (Fsp3) is 0.250. The maximum atomic E-state index is 6.06. The van der Waals surface area contributed by atoms with Crippen molar-refractivity contribution < 1.29 is 9.47 Å². The Kier molecular flexibility index (Phi) is 3.71. The second-order valence-electron chi connectivity index (χ2n) is 6.39. The van der Waals surface area contributed by atoms with E-state index in [0.29, 0.717) is 6.61 Å². The number of rotatable bonds is 3. The molecule has 122 valence electrons. The van der Waals surface area contributed by atoms with Gasteiger partial charge in [-0.2, -0.15) is 5.10 Å². The van der Waals surface area contributed by atoms with Gasteiger partial charge < -0.3 is 9.47 Å². The predicted octanol–water partition coefficient (Wildman–Crippen LogP) is 4.36. The lowest BCUT2D eigenvalue weighted by Gasteiger charge is -2.17. The highest BCUT2D eigenvalue weighted by atomic mass is 16.7. The number of benzene rings is 2. The van der Waals surface area contributed by atoms with Crippen molar-refractivity contribution in [3.05, 3.63) is 72.4 Å². The minimum Gasteiger partial charge on any atom is -0.347 e. The summed E-state index contributed by atoms with van der Waals surface area (Å²) in [6.45, 7) is 4.41. The van der Waals surface area contributed by atoms with E-state index in [1.54, 1.807) is 0 Å². The van der Waals surface area contributed by atoms with Crippen LogP contribution in [-0.4, -0.2) is 22.2 Å². The Morgan fingerprint density at radius 3 is 2.29 bits per heavy atom. The maximum Gasteiger partial charge on any atom is 0.163 e. The summed E-state index contributed by atoms with van der Waals surface area (Å²) in [5.41, 5.74) is 4.04. The molecule has 1 saturated heterocycles. The number of aromatic nitrogens is 2. The highest BCUT2D eigenvalue weighted by Gasteiger charge is 2.36. The molecule has 1 fully saturated rings. The fourth-order valence-corrected chi connectivity index (χ4v) is 2.98. The molecule has 2 heterocycles. The van der Waals surface area contributed by atoms with E-state index < -0.39 is 5.79 Å². The minimum absolute atomic E-state index is 0.134. The largest absolute Gasteiger partial charge is 0.347 e. The molecule has 0 spiro atoms. The lowest BCUT2D eigenvalue weighted by molar-refractivity contribution is -0.139. The summed E-state index contributed by atoms with van der Waals surface area (Å²) in [6, 6.07) is 22.4. The van der Waals surface area contributed by atoms with Crippen LogP contribution in [0.25, 0.3) is 16.9 Å². The molecule has 0 N–H and O–H groups in total. The second-order valence-corrected chi connectivity index (χ2v) is 6.39. The van der Waals surface area contributed by atoms with E-state index in [-0.39, 0.29) is 6.10 Å². The molecule has 4 nitrogen and oxygen atoms in total. The zero-order valence-corrected chi connectivity index (χ0v) is 13.8. The Bertz CT molecular complexity index is 825. The van der Waals surface area contributed by atoms with Gasteiger partial charge in [-0.1, -0.05) is 48.5 Å². The van der Waals surface area contributed by atoms with E-state index in [2.05, 4.69) is 18.2 Å². The molecular formula is C20H20N2O2. The van der Waals surface area contributed by atoms with Gasteiger partial charge in [0.1, 0.15) is 6.10 Å². The van der Waals surface area contributed by atoms with Crippen LogP contribution in [-0.2, 0) is 9.47 Å². The van der Waals surface area contributed by atoms with Crippen molar-refractivity contribution in [2.45, 2.75) is 25.7 Å². The maximum absolute atomic E-state index is 6.06. The van der Waals surface area contributed by atoms with Gasteiger partial charge >= 0.3 is 0 Å². The van der Waals surface area contributed by atoms with Crippen molar-refractivity contribution in [3.63, 3.8) is 0 Å². The summed E-state index contributed by atoms with van der Waals surface area (Å²) in [5, 5.41) is 4.82. The molecule has 4 rings (SSSR count). The lowest BCUT2D eigenvalue weighted by Crippen LogP contribution is -2.20. The number of nitrogens with zero attached hydrogens (tertiary/aromatic N) is 2. The van der Waals surface area contributed by atoms with Crippen molar-refractivity contribution in [1.29, 1.82) is 0 Å². The number of hydrogen-bond acceptors (Lipinski definition) is 3. The highest BCUT2D eigenvalue weighted by Crippen LogP contribution is 2.35. The molecule has 0 amide bonds. The molecule has 1 aliphatic heterocycles. The Morgan fingerprint density at radius 1 is 1.00 bits per heavy atom. The Balaban J connectivity index is 1.80. The Morgan fingerprint density at radius 2 is 1.67 bits per heavy atom. The summed E-state index contributed by atoms with van der Waals surface area (Å²) in [6.07, 6.45) is -0.134. The zero-order chi connectivity index (χ0) is 16.6. The SMILES string of the molecule is CC1(C)OCC(c2cc(-c3ccccc3)nn2-c2ccccc2)O1. The van der Waals surface area contributed by atoms with Gasteiger partial charge in [-0.3, -0.25) is 0 Å². The molecule has 4 heteroatoms. The molecule has 2 aromatic carbocycles. The van der Waals surface area contributed by atoms with Gasteiger partial charge in [-0.25, -0.2) is 4.68 Å². The van der Waals surface area contributed by atoms with Crippen molar-refractivity contribution in [3.8, 4) is 16.9 Å². The van der Waals surface area contributed by atoms with E-state index in [1.165, 1.54) is 0 Å². The average molecular weight is 320 g/mol. The van der Waals surface area contributed by atoms with Crippen LogP contribution in [0.15, 0.2) is 66.7 Å².